The van der Waals surface area contributed by atoms with Crippen molar-refractivity contribution in [3.63, 3.8) is 0 Å². The molecule has 5 aromatic rings. The summed E-state index contributed by atoms with van der Waals surface area (Å²) >= 11 is 1.85. The van der Waals surface area contributed by atoms with Gasteiger partial charge in [-0.1, -0.05) is 109 Å². The Balaban J connectivity index is 1.54. The molecule has 0 aliphatic heterocycles. The Morgan fingerprint density at radius 3 is 1.92 bits per heavy atom. The summed E-state index contributed by atoms with van der Waals surface area (Å²) < 4.78 is 14.3. The number of benzene rings is 4. The summed E-state index contributed by atoms with van der Waals surface area (Å²) in [5.41, 5.74) is 3.72. The van der Waals surface area contributed by atoms with Crippen LogP contribution in [0.15, 0.2) is 109 Å². The highest BCUT2D eigenvalue weighted by molar-refractivity contribution is 7.26. The lowest BCUT2D eigenvalue weighted by Crippen LogP contribution is -2.43. The van der Waals surface area contributed by atoms with Gasteiger partial charge >= 0.3 is 0 Å². The maximum atomic E-state index is 5.83. The van der Waals surface area contributed by atoms with Crippen molar-refractivity contribution in [2.24, 2.45) is 0 Å². The van der Waals surface area contributed by atoms with Crippen LogP contribution in [0, 0.1) is 0 Å². The van der Waals surface area contributed by atoms with Gasteiger partial charge in [0.2, 0.25) is 0 Å². The average molecular weight is 494 g/mol. The molecule has 0 N–H and O–H groups in total. The van der Waals surface area contributed by atoms with Crippen LogP contribution in [0.4, 0.5) is 0 Å². The van der Waals surface area contributed by atoms with Crippen molar-refractivity contribution in [2.45, 2.75) is 25.4 Å². The molecule has 0 amide bonds. The fraction of sp³-hybridized carbons (Fsp3) is 0.188. The fourth-order valence-corrected chi connectivity index (χ4v) is 5.96. The summed E-state index contributed by atoms with van der Waals surface area (Å²) in [6, 6.07) is 36.2. The number of hydrogen-bond donors (Lipinski definition) is 0. The molecule has 0 aliphatic carbocycles. The fourth-order valence-electron chi connectivity index (χ4n) is 4.76. The molecule has 0 fully saturated rings. The third-order valence-electron chi connectivity index (χ3n) is 6.53. The minimum absolute atomic E-state index is 0.0925. The zero-order chi connectivity index (χ0) is 24.7. The van der Waals surface area contributed by atoms with Crippen molar-refractivity contribution in [1.29, 1.82) is 0 Å². The molecule has 0 saturated heterocycles. The lowest BCUT2D eigenvalue weighted by atomic mass is 10.1. The van der Waals surface area contributed by atoms with Crippen LogP contribution in [0.5, 0.6) is 0 Å². The molecule has 0 aliphatic rings. The van der Waals surface area contributed by atoms with Gasteiger partial charge in [0, 0.05) is 47.5 Å². The highest BCUT2D eigenvalue weighted by Crippen LogP contribution is 2.36. The Morgan fingerprint density at radius 2 is 1.28 bits per heavy atom. The van der Waals surface area contributed by atoms with Crippen LogP contribution in [0.1, 0.15) is 16.7 Å². The van der Waals surface area contributed by atoms with Gasteiger partial charge < -0.3 is 9.47 Å². The highest BCUT2D eigenvalue weighted by Gasteiger charge is 2.26. The Bertz CT molecular complexity index is 1380. The number of nitrogens with zero attached hydrogens (tertiary/aromatic N) is 1. The molecule has 4 heteroatoms. The second kappa shape index (κ2) is 11.6. The summed E-state index contributed by atoms with van der Waals surface area (Å²) in [6.45, 7) is 1.56. The van der Waals surface area contributed by atoms with Crippen LogP contribution in [-0.4, -0.2) is 31.5 Å². The third-order valence-corrected chi connectivity index (χ3v) is 7.77. The van der Waals surface area contributed by atoms with E-state index in [1.165, 1.54) is 36.9 Å². The Kier molecular flexibility index (Phi) is 7.89. The van der Waals surface area contributed by atoms with E-state index in [1.54, 1.807) is 14.2 Å². The quantitative estimate of drug-likeness (QED) is 0.186. The van der Waals surface area contributed by atoms with Crippen molar-refractivity contribution in [3.8, 4) is 0 Å². The van der Waals surface area contributed by atoms with E-state index in [0.717, 1.165) is 13.1 Å². The van der Waals surface area contributed by atoms with Crippen LogP contribution in [-0.2, 0) is 22.6 Å². The Morgan fingerprint density at radius 1 is 0.694 bits per heavy atom. The molecule has 1 aromatic heterocycles. The van der Waals surface area contributed by atoms with Gasteiger partial charge in [0.1, 0.15) is 0 Å². The first-order chi connectivity index (χ1) is 17.8. The summed E-state index contributed by atoms with van der Waals surface area (Å²) in [7, 11) is 3.43. The number of rotatable bonds is 10. The molecule has 0 radical (unpaired) electrons. The normalized spacial score (nSPS) is 12.9. The van der Waals surface area contributed by atoms with Gasteiger partial charge in [-0.2, -0.15) is 0 Å². The van der Waals surface area contributed by atoms with Crippen molar-refractivity contribution in [1.82, 2.24) is 4.90 Å². The van der Waals surface area contributed by atoms with E-state index in [0.29, 0.717) is 0 Å². The van der Waals surface area contributed by atoms with Gasteiger partial charge in [-0.15, -0.1) is 11.3 Å². The molecule has 0 spiro atoms. The van der Waals surface area contributed by atoms with E-state index in [1.807, 2.05) is 11.3 Å². The monoisotopic (exact) mass is 493 g/mol. The molecule has 3 nitrogen and oxygen atoms in total. The summed E-state index contributed by atoms with van der Waals surface area (Å²) in [5, 5.41) is 2.61. The standard InChI is InChI=1S/C32H31NO2S/c1-34-32(35-2)29(33(22-24-12-5-3-6-13-24)23-25-14-7-4-8-15-25)21-20-26-16-11-18-28-27-17-9-10-19-30(27)36-31(26)28/h3-21,29,32H,22-23H2,1-2H3/b21-20+. The number of fused-ring (bicyclic) bond motifs is 3. The van der Waals surface area contributed by atoms with Gasteiger partial charge in [-0.3, -0.25) is 4.90 Å². The minimum Gasteiger partial charge on any atom is -0.354 e. The summed E-state index contributed by atoms with van der Waals surface area (Å²) in [4.78, 5) is 2.42. The molecule has 1 heterocycles. The van der Waals surface area contributed by atoms with Gasteiger partial charge in [-0.25, -0.2) is 0 Å². The van der Waals surface area contributed by atoms with E-state index in [2.05, 4.69) is 120 Å². The van der Waals surface area contributed by atoms with E-state index in [9.17, 15) is 0 Å². The van der Waals surface area contributed by atoms with E-state index < -0.39 is 6.29 Å². The second-order valence-electron chi connectivity index (χ2n) is 8.89. The molecule has 0 bridgehead atoms. The van der Waals surface area contributed by atoms with Gasteiger partial charge in [0.15, 0.2) is 6.29 Å². The maximum absolute atomic E-state index is 5.83. The van der Waals surface area contributed by atoms with Crippen molar-refractivity contribution >= 4 is 37.6 Å². The van der Waals surface area contributed by atoms with Crippen LogP contribution < -0.4 is 0 Å². The number of ether oxygens (including phenoxy) is 2. The molecule has 5 rings (SSSR count). The molecular formula is C32H31NO2S. The van der Waals surface area contributed by atoms with Gasteiger partial charge in [0.25, 0.3) is 0 Å². The Labute approximate surface area is 217 Å². The first-order valence-electron chi connectivity index (χ1n) is 12.2. The first kappa shape index (κ1) is 24.4. The zero-order valence-corrected chi connectivity index (χ0v) is 21.5. The first-order valence-corrected chi connectivity index (χ1v) is 13.0. The van der Waals surface area contributed by atoms with Crippen LogP contribution in [0.3, 0.4) is 0 Å². The predicted octanol–water partition coefficient (Wildman–Crippen LogP) is 7.76. The largest absolute Gasteiger partial charge is 0.354 e. The molecule has 36 heavy (non-hydrogen) atoms. The third kappa shape index (κ3) is 5.43. The topological polar surface area (TPSA) is 21.7 Å². The van der Waals surface area contributed by atoms with Crippen molar-refractivity contribution in [2.75, 3.05) is 14.2 Å². The lowest BCUT2D eigenvalue weighted by molar-refractivity contribution is -0.138. The summed E-state index contributed by atoms with van der Waals surface area (Å²) in [6.07, 6.45) is 4.06. The maximum Gasteiger partial charge on any atom is 0.175 e. The summed E-state index contributed by atoms with van der Waals surface area (Å²) in [5.74, 6) is 0. The SMILES string of the molecule is COC(OC)C(/C=C/c1cccc2c1sc1ccccc12)N(Cc1ccccc1)Cc1ccccc1. The van der Waals surface area contributed by atoms with E-state index >= 15 is 0 Å². The highest BCUT2D eigenvalue weighted by atomic mass is 32.1. The number of hydrogen-bond acceptors (Lipinski definition) is 4. The Hall–Kier alpha value is -3.28. The second-order valence-corrected chi connectivity index (χ2v) is 9.94. The smallest absolute Gasteiger partial charge is 0.175 e. The van der Waals surface area contributed by atoms with Gasteiger partial charge in [0.05, 0.1) is 6.04 Å². The van der Waals surface area contributed by atoms with Crippen LogP contribution >= 0.6 is 11.3 Å². The van der Waals surface area contributed by atoms with Crippen LogP contribution in [0.25, 0.3) is 26.2 Å². The molecule has 1 atom stereocenters. The van der Waals surface area contributed by atoms with Crippen molar-refractivity contribution in [3.05, 3.63) is 126 Å². The molecule has 4 aromatic carbocycles. The predicted molar refractivity (Wildman–Crippen MR) is 152 cm³/mol. The molecular weight excluding hydrogens is 462 g/mol. The lowest BCUT2D eigenvalue weighted by Gasteiger charge is -2.34. The molecule has 0 saturated carbocycles. The number of methoxy groups -OCH3 is 2. The zero-order valence-electron chi connectivity index (χ0n) is 20.7. The van der Waals surface area contributed by atoms with Crippen LogP contribution in [0.2, 0.25) is 0 Å². The van der Waals surface area contributed by atoms with E-state index in [4.69, 9.17) is 9.47 Å². The van der Waals surface area contributed by atoms with Crippen molar-refractivity contribution < 1.29 is 9.47 Å². The molecule has 1 unspecified atom stereocenters. The van der Waals surface area contributed by atoms with Gasteiger partial charge in [-0.05, 0) is 22.8 Å². The molecule has 182 valence electrons. The average Bonchev–Trinajstić information content (AvgIpc) is 3.31. The number of thiophene rings is 1. The minimum atomic E-state index is -0.407. The van der Waals surface area contributed by atoms with E-state index in [-0.39, 0.29) is 6.04 Å².